The average molecular weight is 308 g/mol. The molecule has 2 fully saturated rings. The van der Waals surface area contributed by atoms with Gasteiger partial charge >= 0.3 is 0 Å². The summed E-state index contributed by atoms with van der Waals surface area (Å²) in [5, 5.41) is 20.4. The molecule has 3 rings (SSSR count). The van der Waals surface area contributed by atoms with E-state index in [-0.39, 0.29) is 13.2 Å². The van der Waals surface area contributed by atoms with Crippen molar-refractivity contribution < 1.29 is 29.2 Å². The zero-order valence-corrected chi connectivity index (χ0v) is 12.1. The van der Waals surface area contributed by atoms with Gasteiger partial charge < -0.3 is 29.2 Å². The molecule has 0 amide bonds. The molecule has 2 saturated heterocycles. The van der Waals surface area contributed by atoms with E-state index in [0.717, 1.165) is 5.56 Å². The molecular weight excluding hydrogens is 288 g/mol. The highest BCUT2D eigenvalue weighted by Crippen LogP contribution is 2.34. The Bertz CT molecular complexity index is 491. The fraction of sp³-hybridized carbons (Fsp3) is 0.500. The van der Waals surface area contributed by atoms with E-state index in [0.29, 0.717) is 0 Å². The molecule has 0 bridgehead atoms. The van der Waals surface area contributed by atoms with Crippen molar-refractivity contribution in [2.24, 2.45) is 0 Å². The molecule has 22 heavy (non-hydrogen) atoms. The fourth-order valence-electron chi connectivity index (χ4n) is 2.66. The summed E-state index contributed by atoms with van der Waals surface area (Å²) < 4.78 is 22.4. The molecule has 0 radical (unpaired) electrons. The zero-order chi connectivity index (χ0) is 15.5. The third-order valence-electron chi connectivity index (χ3n) is 3.78. The van der Waals surface area contributed by atoms with E-state index >= 15 is 0 Å². The summed E-state index contributed by atoms with van der Waals surface area (Å²) >= 11 is 0. The van der Waals surface area contributed by atoms with Gasteiger partial charge in [0.25, 0.3) is 0 Å². The molecule has 0 aliphatic carbocycles. The highest BCUT2D eigenvalue weighted by molar-refractivity contribution is 5.16. The molecule has 120 valence electrons. The molecule has 2 aliphatic heterocycles. The Hall–Kier alpha value is -1.28. The summed E-state index contributed by atoms with van der Waals surface area (Å²) in [7, 11) is 0. The molecule has 0 spiro atoms. The third kappa shape index (κ3) is 3.08. The van der Waals surface area contributed by atoms with Crippen LogP contribution in [0.25, 0.3) is 0 Å². The van der Waals surface area contributed by atoms with Crippen molar-refractivity contribution in [3.8, 4) is 0 Å². The number of rotatable bonds is 4. The van der Waals surface area contributed by atoms with Gasteiger partial charge in [-0.3, -0.25) is 0 Å². The lowest BCUT2D eigenvalue weighted by atomic mass is 9.98. The second-order valence-electron chi connectivity index (χ2n) is 5.32. The Morgan fingerprint density at radius 2 is 1.95 bits per heavy atom. The lowest BCUT2D eigenvalue weighted by Crippen LogP contribution is -2.62. The molecule has 2 N–H and O–H groups in total. The number of fused-ring (bicyclic) bond motifs is 1. The smallest absolute Gasteiger partial charge is 0.187 e. The van der Waals surface area contributed by atoms with Gasteiger partial charge in [-0.2, -0.15) is 0 Å². The van der Waals surface area contributed by atoms with Gasteiger partial charge in [0.05, 0.1) is 13.2 Å². The van der Waals surface area contributed by atoms with Crippen LogP contribution in [0.4, 0.5) is 0 Å². The molecule has 2 unspecified atom stereocenters. The van der Waals surface area contributed by atoms with Crippen molar-refractivity contribution in [2.45, 2.75) is 37.0 Å². The maximum atomic E-state index is 10.3. The summed E-state index contributed by atoms with van der Waals surface area (Å²) in [6.45, 7) is 4.01. The lowest BCUT2D eigenvalue weighted by molar-refractivity contribution is -0.360. The highest BCUT2D eigenvalue weighted by atomic mass is 16.8. The van der Waals surface area contributed by atoms with Crippen LogP contribution < -0.4 is 0 Å². The first-order valence-corrected chi connectivity index (χ1v) is 7.27. The molecule has 1 aromatic carbocycles. The minimum atomic E-state index is -1.18. The van der Waals surface area contributed by atoms with Gasteiger partial charge in [-0.25, -0.2) is 0 Å². The van der Waals surface area contributed by atoms with Crippen LogP contribution >= 0.6 is 0 Å². The number of aliphatic hydroxyl groups excluding tert-OH is 2. The lowest BCUT2D eigenvalue weighted by Gasteiger charge is -2.46. The van der Waals surface area contributed by atoms with E-state index < -0.39 is 37.0 Å². The summed E-state index contributed by atoms with van der Waals surface area (Å²) in [5.41, 5.74) is 0.854. The predicted molar refractivity (Wildman–Crippen MR) is 76.8 cm³/mol. The molecule has 1 aromatic rings. The van der Waals surface area contributed by atoms with Crippen molar-refractivity contribution >= 4 is 0 Å². The standard InChI is InChI=1S/C16H20O6/c1-2-8-19-16-13(18)12(17)14-11(21-16)9-20-15(22-14)10-6-4-3-5-7-10/h2-7,11-18H,1,8-9H2/t11-,12-,13-,14-,15?,16?/m1/s1. The van der Waals surface area contributed by atoms with E-state index in [9.17, 15) is 10.2 Å². The maximum absolute atomic E-state index is 10.3. The average Bonchev–Trinajstić information content (AvgIpc) is 2.57. The van der Waals surface area contributed by atoms with Crippen LogP contribution in [0, 0.1) is 0 Å². The molecule has 6 nitrogen and oxygen atoms in total. The third-order valence-corrected chi connectivity index (χ3v) is 3.78. The summed E-state index contributed by atoms with van der Waals surface area (Å²) in [4.78, 5) is 0. The molecule has 6 heteroatoms. The number of hydrogen-bond donors (Lipinski definition) is 2. The largest absolute Gasteiger partial charge is 0.387 e. The van der Waals surface area contributed by atoms with Gasteiger partial charge in [-0.1, -0.05) is 36.4 Å². The summed E-state index contributed by atoms with van der Waals surface area (Å²) in [6.07, 6.45) is -3.41. The minimum absolute atomic E-state index is 0.222. The van der Waals surface area contributed by atoms with Crippen LogP contribution in [0.3, 0.4) is 0 Å². The quantitative estimate of drug-likeness (QED) is 0.799. The van der Waals surface area contributed by atoms with E-state index in [2.05, 4.69) is 6.58 Å². The number of aliphatic hydroxyl groups is 2. The highest BCUT2D eigenvalue weighted by Gasteiger charge is 2.49. The van der Waals surface area contributed by atoms with E-state index in [1.807, 2.05) is 30.3 Å². The van der Waals surface area contributed by atoms with Crippen molar-refractivity contribution in [3.05, 3.63) is 48.6 Å². The van der Waals surface area contributed by atoms with Crippen LogP contribution in [0.2, 0.25) is 0 Å². The Morgan fingerprint density at radius 3 is 2.68 bits per heavy atom. The summed E-state index contributed by atoms with van der Waals surface area (Å²) in [6, 6.07) is 9.44. The normalized spacial score (nSPS) is 38.3. The predicted octanol–water partition coefficient (Wildman–Crippen LogP) is 0.750. The first kappa shape index (κ1) is 15.6. The van der Waals surface area contributed by atoms with Crippen LogP contribution in [0.5, 0.6) is 0 Å². The van der Waals surface area contributed by atoms with Crippen LogP contribution in [-0.2, 0) is 18.9 Å². The zero-order valence-electron chi connectivity index (χ0n) is 12.1. The Morgan fingerprint density at radius 1 is 1.18 bits per heavy atom. The minimum Gasteiger partial charge on any atom is -0.387 e. The first-order chi connectivity index (χ1) is 10.7. The van der Waals surface area contributed by atoms with Gasteiger partial charge in [0.15, 0.2) is 12.6 Å². The van der Waals surface area contributed by atoms with Crippen LogP contribution in [0.1, 0.15) is 11.9 Å². The Balaban J connectivity index is 1.69. The number of hydrogen-bond acceptors (Lipinski definition) is 6. The fourth-order valence-corrected chi connectivity index (χ4v) is 2.66. The topological polar surface area (TPSA) is 77.4 Å². The summed E-state index contributed by atoms with van der Waals surface area (Å²) in [5.74, 6) is 0. The monoisotopic (exact) mass is 308 g/mol. The van der Waals surface area contributed by atoms with Crippen LogP contribution in [-0.4, -0.2) is 54.1 Å². The van der Waals surface area contributed by atoms with Gasteiger partial charge in [-0.05, 0) is 0 Å². The van der Waals surface area contributed by atoms with E-state index in [4.69, 9.17) is 18.9 Å². The second kappa shape index (κ2) is 6.87. The van der Waals surface area contributed by atoms with Gasteiger partial charge in [-0.15, -0.1) is 6.58 Å². The van der Waals surface area contributed by atoms with Gasteiger partial charge in [0.1, 0.15) is 24.4 Å². The van der Waals surface area contributed by atoms with E-state index in [1.54, 1.807) is 6.08 Å². The van der Waals surface area contributed by atoms with Crippen LogP contribution in [0.15, 0.2) is 43.0 Å². The van der Waals surface area contributed by atoms with Crippen molar-refractivity contribution in [2.75, 3.05) is 13.2 Å². The Kier molecular flexibility index (Phi) is 4.87. The van der Waals surface area contributed by atoms with Gasteiger partial charge in [0.2, 0.25) is 0 Å². The second-order valence-corrected chi connectivity index (χ2v) is 5.32. The first-order valence-electron chi connectivity index (χ1n) is 7.27. The molecular formula is C16H20O6. The van der Waals surface area contributed by atoms with Crippen molar-refractivity contribution in [1.29, 1.82) is 0 Å². The van der Waals surface area contributed by atoms with Crippen molar-refractivity contribution in [1.82, 2.24) is 0 Å². The molecule has 0 saturated carbocycles. The molecule has 0 aromatic heterocycles. The molecule has 2 heterocycles. The number of benzene rings is 1. The van der Waals surface area contributed by atoms with E-state index in [1.165, 1.54) is 0 Å². The van der Waals surface area contributed by atoms with Crippen molar-refractivity contribution in [3.63, 3.8) is 0 Å². The van der Waals surface area contributed by atoms with Gasteiger partial charge in [0, 0.05) is 5.56 Å². The molecule has 2 aliphatic rings. The maximum Gasteiger partial charge on any atom is 0.187 e. The Labute approximate surface area is 128 Å². The SMILES string of the molecule is C=CCOC1O[C@@H]2COC(c3ccccc3)O[C@H]2[C@H](O)[C@H]1O. The molecule has 6 atom stereocenters. The number of ether oxygens (including phenoxy) is 4.